The Labute approximate surface area is 93.3 Å². The van der Waals surface area contributed by atoms with Crippen molar-refractivity contribution in [3.05, 3.63) is 23.5 Å². The standard InChI is InChI=1S/C11H15NO4/c1-3-4-9-8(11(15)16)5-6-12(9)7(2)10(13)14/h5-7H,3-4H2,1-2H3,(H,13,14)(H,15,16). The molecule has 0 saturated carbocycles. The van der Waals surface area contributed by atoms with Crippen molar-refractivity contribution in [1.29, 1.82) is 0 Å². The maximum atomic E-state index is 10.9. The summed E-state index contributed by atoms with van der Waals surface area (Å²) in [4.78, 5) is 21.8. The minimum atomic E-state index is -1.01. The minimum Gasteiger partial charge on any atom is -0.480 e. The van der Waals surface area contributed by atoms with Gasteiger partial charge in [-0.25, -0.2) is 9.59 Å². The van der Waals surface area contributed by atoms with Gasteiger partial charge in [0.05, 0.1) is 5.56 Å². The van der Waals surface area contributed by atoms with Gasteiger partial charge in [-0.3, -0.25) is 0 Å². The molecule has 1 unspecified atom stereocenters. The number of carboxylic acid groups (broad SMARTS) is 2. The van der Waals surface area contributed by atoms with E-state index >= 15 is 0 Å². The van der Waals surface area contributed by atoms with E-state index in [1.165, 1.54) is 23.8 Å². The predicted molar refractivity (Wildman–Crippen MR) is 57.7 cm³/mol. The fraction of sp³-hybridized carbons (Fsp3) is 0.455. The van der Waals surface area contributed by atoms with Crippen LogP contribution in [0.2, 0.25) is 0 Å². The zero-order chi connectivity index (χ0) is 12.3. The van der Waals surface area contributed by atoms with E-state index in [4.69, 9.17) is 10.2 Å². The van der Waals surface area contributed by atoms with E-state index in [-0.39, 0.29) is 5.56 Å². The number of aromatic nitrogens is 1. The van der Waals surface area contributed by atoms with Gasteiger partial charge in [0.15, 0.2) is 0 Å². The first-order chi connectivity index (χ1) is 7.49. The van der Waals surface area contributed by atoms with Crippen LogP contribution in [-0.4, -0.2) is 26.7 Å². The first-order valence-corrected chi connectivity index (χ1v) is 5.14. The lowest BCUT2D eigenvalue weighted by molar-refractivity contribution is -0.140. The Kier molecular flexibility index (Phi) is 3.71. The maximum Gasteiger partial charge on any atom is 0.337 e. The fourth-order valence-corrected chi connectivity index (χ4v) is 1.66. The summed E-state index contributed by atoms with van der Waals surface area (Å²) in [5.41, 5.74) is 0.764. The zero-order valence-electron chi connectivity index (χ0n) is 9.30. The number of hydrogen-bond acceptors (Lipinski definition) is 2. The number of nitrogens with zero attached hydrogens (tertiary/aromatic N) is 1. The number of aromatic carboxylic acids is 1. The van der Waals surface area contributed by atoms with Crippen LogP contribution in [-0.2, 0) is 11.2 Å². The summed E-state index contributed by atoms with van der Waals surface area (Å²) in [5, 5.41) is 17.9. The summed E-state index contributed by atoms with van der Waals surface area (Å²) in [7, 11) is 0. The van der Waals surface area contributed by atoms with E-state index < -0.39 is 18.0 Å². The molecule has 0 amide bonds. The fourth-order valence-electron chi connectivity index (χ4n) is 1.66. The molecule has 5 heteroatoms. The minimum absolute atomic E-state index is 0.190. The molecule has 0 spiro atoms. The van der Waals surface area contributed by atoms with Gasteiger partial charge in [0.25, 0.3) is 0 Å². The molecule has 0 bridgehead atoms. The molecular formula is C11H15NO4. The Hall–Kier alpha value is -1.78. The molecule has 0 aliphatic rings. The van der Waals surface area contributed by atoms with Crippen molar-refractivity contribution >= 4 is 11.9 Å². The molecular weight excluding hydrogens is 210 g/mol. The Bertz CT molecular complexity index is 408. The molecule has 0 saturated heterocycles. The van der Waals surface area contributed by atoms with Gasteiger partial charge in [-0.1, -0.05) is 13.3 Å². The van der Waals surface area contributed by atoms with Gasteiger partial charge in [-0.2, -0.15) is 0 Å². The molecule has 5 nitrogen and oxygen atoms in total. The topological polar surface area (TPSA) is 79.5 Å². The second kappa shape index (κ2) is 4.83. The van der Waals surface area contributed by atoms with Crippen molar-refractivity contribution in [2.75, 3.05) is 0 Å². The second-order valence-corrected chi connectivity index (χ2v) is 3.65. The molecule has 1 heterocycles. The van der Waals surface area contributed by atoms with Crippen molar-refractivity contribution in [3.8, 4) is 0 Å². The van der Waals surface area contributed by atoms with Crippen LogP contribution >= 0.6 is 0 Å². The number of rotatable bonds is 5. The van der Waals surface area contributed by atoms with E-state index in [9.17, 15) is 9.59 Å². The van der Waals surface area contributed by atoms with Crippen LogP contribution < -0.4 is 0 Å². The lowest BCUT2D eigenvalue weighted by Gasteiger charge is -2.13. The highest BCUT2D eigenvalue weighted by Crippen LogP contribution is 2.19. The molecule has 1 aromatic rings. The third-order valence-corrected chi connectivity index (χ3v) is 2.52. The van der Waals surface area contributed by atoms with E-state index in [0.717, 1.165) is 6.42 Å². The van der Waals surface area contributed by atoms with Gasteiger partial charge < -0.3 is 14.8 Å². The van der Waals surface area contributed by atoms with Gasteiger partial charge in [-0.15, -0.1) is 0 Å². The average Bonchev–Trinajstić information content (AvgIpc) is 2.61. The van der Waals surface area contributed by atoms with Gasteiger partial charge in [0.1, 0.15) is 6.04 Å². The summed E-state index contributed by atoms with van der Waals surface area (Å²) in [5.74, 6) is -1.98. The third kappa shape index (κ3) is 2.24. The highest BCUT2D eigenvalue weighted by Gasteiger charge is 2.20. The van der Waals surface area contributed by atoms with Crippen molar-refractivity contribution in [2.45, 2.75) is 32.7 Å². The number of carboxylic acids is 2. The van der Waals surface area contributed by atoms with Crippen molar-refractivity contribution in [2.24, 2.45) is 0 Å². The number of aliphatic carboxylic acids is 1. The highest BCUT2D eigenvalue weighted by atomic mass is 16.4. The lowest BCUT2D eigenvalue weighted by Crippen LogP contribution is -2.18. The first kappa shape index (κ1) is 12.3. The quantitative estimate of drug-likeness (QED) is 0.800. The molecule has 2 N–H and O–H groups in total. The van der Waals surface area contributed by atoms with Crippen LogP contribution in [0, 0.1) is 0 Å². The summed E-state index contributed by atoms with van der Waals surface area (Å²) >= 11 is 0. The van der Waals surface area contributed by atoms with Gasteiger partial charge >= 0.3 is 11.9 Å². The molecule has 0 aromatic carbocycles. The Morgan fingerprint density at radius 3 is 2.50 bits per heavy atom. The summed E-state index contributed by atoms with van der Waals surface area (Å²) in [6.45, 7) is 3.46. The molecule has 0 fully saturated rings. The lowest BCUT2D eigenvalue weighted by atomic mass is 10.1. The summed E-state index contributed by atoms with van der Waals surface area (Å²) in [6.07, 6.45) is 2.86. The predicted octanol–water partition coefficient (Wildman–Crippen LogP) is 1.78. The largest absolute Gasteiger partial charge is 0.480 e. The van der Waals surface area contributed by atoms with E-state index in [1.54, 1.807) is 0 Å². The van der Waals surface area contributed by atoms with E-state index in [0.29, 0.717) is 12.1 Å². The average molecular weight is 225 g/mol. The monoisotopic (exact) mass is 225 g/mol. The molecule has 0 aliphatic carbocycles. The van der Waals surface area contributed by atoms with Crippen LogP contribution in [0.1, 0.15) is 42.4 Å². The van der Waals surface area contributed by atoms with Gasteiger partial charge in [0.2, 0.25) is 0 Å². The smallest absolute Gasteiger partial charge is 0.337 e. The van der Waals surface area contributed by atoms with Crippen molar-refractivity contribution in [1.82, 2.24) is 4.57 Å². The van der Waals surface area contributed by atoms with E-state index in [2.05, 4.69) is 0 Å². The maximum absolute atomic E-state index is 10.9. The third-order valence-electron chi connectivity index (χ3n) is 2.52. The first-order valence-electron chi connectivity index (χ1n) is 5.14. The van der Waals surface area contributed by atoms with Crippen molar-refractivity contribution < 1.29 is 19.8 Å². The molecule has 88 valence electrons. The molecule has 16 heavy (non-hydrogen) atoms. The number of carbonyl (C=O) groups is 2. The summed E-state index contributed by atoms with van der Waals surface area (Å²) in [6, 6.07) is 0.710. The van der Waals surface area contributed by atoms with Gasteiger partial charge in [0, 0.05) is 11.9 Å². The Balaban J connectivity index is 3.19. The molecule has 0 radical (unpaired) electrons. The van der Waals surface area contributed by atoms with Crippen molar-refractivity contribution in [3.63, 3.8) is 0 Å². The molecule has 1 atom stereocenters. The van der Waals surface area contributed by atoms with Gasteiger partial charge in [-0.05, 0) is 19.4 Å². The van der Waals surface area contributed by atoms with E-state index in [1.807, 2.05) is 6.92 Å². The zero-order valence-corrected chi connectivity index (χ0v) is 9.30. The van der Waals surface area contributed by atoms with Crippen LogP contribution in [0.5, 0.6) is 0 Å². The van der Waals surface area contributed by atoms with Crippen LogP contribution in [0.25, 0.3) is 0 Å². The van der Waals surface area contributed by atoms with Crippen LogP contribution in [0.4, 0.5) is 0 Å². The highest BCUT2D eigenvalue weighted by molar-refractivity contribution is 5.89. The molecule has 0 aliphatic heterocycles. The summed E-state index contributed by atoms with van der Waals surface area (Å²) < 4.78 is 1.51. The Morgan fingerprint density at radius 2 is 2.06 bits per heavy atom. The normalized spacial score (nSPS) is 12.4. The SMILES string of the molecule is CCCc1c(C(=O)O)ccn1C(C)C(=O)O. The molecule has 1 aromatic heterocycles. The second-order valence-electron chi connectivity index (χ2n) is 3.65. The van der Waals surface area contributed by atoms with Crippen LogP contribution in [0.15, 0.2) is 12.3 Å². The van der Waals surface area contributed by atoms with Crippen LogP contribution in [0.3, 0.4) is 0 Å². The number of hydrogen-bond donors (Lipinski definition) is 2. The molecule has 1 rings (SSSR count). The Morgan fingerprint density at radius 1 is 1.44 bits per heavy atom.